The number of nitrogens with one attached hydrogen (secondary N) is 1. The molecule has 102 valence electrons. The summed E-state index contributed by atoms with van der Waals surface area (Å²) < 4.78 is 0. The van der Waals surface area contributed by atoms with Crippen molar-refractivity contribution in [1.82, 2.24) is 5.32 Å². The molecule has 2 rings (SSSR count). The highest BCUT2D eigenvalue weighted by molar-refractivity contribution is 6.31. The highest BCUT2D eigenvalue weighted by Crippen LogP contribution is 2.18. The number of halogens is 1. The molecule has 0 aliphatic carbocycles. The molecular weight excluding hydrogens is 268 g/mol. The van der Waals surface area contributed by atoms with Crippen molar-refractivity contribution in [2.24, 2.45) is 0 Å². The molecule has 0 radical (unpaired) electrons. The van der Waals surface area contributed by atoms with Crippen molar-refractivity contribution in [1.29, 1.82) is 5.26 Å². The number of hydrogen-bond donors (Lipinski definition) is 1. The van der Waals surface area contributed by atoms with Gasteiger partial charge in [0, 0.05) is 17.6 Å². The Labute approximate surface area is 125 Å². The second kappa shape index (κ2) is 6.56. The normalized spacial score (nSPS) is 11.9. The molecule has 2 nitrogen and oxygen atoms in total. The van der Waals surface area contributed by atoms with Crippen LogP contribution in [0.15, 0.2) is 42.5 Å². The molecule has 0 aliphatic heterocycles. The Kier molecular flexibility index (Phi) is 4.79. The second-order valence-electron chi connectivity index (χ2n) is 4.92. The summed E-state index contributed by atoms with van der Waals surface area (Å²) in [7, 11) is 0. The third kappa shape index (κ3) is 3.60. The van der Waals surface area contributed by atoms with Crippen molar-refractivity contribution in [2.75, 3.05) is 0 Å². The molecular formula is C17H17ClN2. The van der Waals surface area contributed by atoms with E-state index < -0.39 is 0 Å². The van der Waals surface area contributed by atoms with Crippen LogP contribution in [0.4, 0.5) is 0 Å². The quantitative estimate of drug-likeness (QED) is 0.905. The first-order chi connectivity index (χ1) is 9.60. The highest BCUT2D eigenvalue weighted by atomic mass is 35.5. The van der Waals surface area contributed by atoms with Gasteiger partial charge in [0.05, 0.1) is 11.6 Å². The van der Waals surface area contributed by atoms with Gasteiger partial charge in [-0.25, -0.2) is 0 Å². The van der Waals surface area contributed by atoms with Gasteiger partial charge in [-0.15, -0.1) is 0 Å². The van der Waals surface area contributed by atoms with E-state index in [0.29, 0.717) is 5.56 Å². The molecule has 0 aromatic heterocycles. The third-order valence-electron chi connectivity index (χ3n) is 3.39. The second-order valence-corrected chi connectivity index (χ2v) is 5.33. The minimum Gasteiger partial charge on any atom is -0.306 e. The zero-order chi connectivity index (χ0) is 14.5. The number of rotatable bonds is 4. The van der Waals surface area contributed by atoms with Gasteiger partial charge in [-0.2, -0.15) is 5.26 Å². The van der Waals surface area contributed by atoms with Crippen LogP contribution in [0.1, 0.15) is 35.2 Å². The molecule has 20 heavy (non-hydrogen) atoms. The van der Waals surface area contributed by atoms with E-state index in [1.54, 1.807) is 0 Å². The van der Waals surface area contributed by atoms with Crippen molar-refractivity contribution in [2.45, 2.75) is 26.4 Å². The van der Waals surface area contributed by atoms with Gasteiger partial charge in [0.1, 0.15) is 0 Å². The summed E-state index contributed by atoms with van der Waals surface area (Å²) in [5, 5.41) is 13.0. The van der Waals surface area contributed by atoms with E-state index in [9.17, 15) is 0 Å². The summed E-state index contributed by atoms with van der Waals surface area (Å²) in [6.07, 6.45) is 0. The molecule has 2 aromatic rings. The van der Waals surface area contributed by atoms with E-state index in [4.69, 9.17) is 16.9 Å². The van der Waals surface area contributed by atoms with E-state index in [2.05, 4.69) is 24.4 Å². The summed E-state index contributed by atoms with van der Waals surface area (Å²) in [6.45, 7) is 4.87. The van der Waals surface area contributed by atoms with Crippen LogP contribution in [-0.4, -0.2) is 0 Å². The van der Waals surface area contributed by atoms with Gasteiger partial charge in [0.25, 0.3) is 0 Å². The lowest BCUT2D eigenvalue weighted by atomic mass is 10.1. The fourth-order valence-electron chi connectivity index (χ4n) is 1.98. The summed E-state index contributed by atoms with van der Waals surface area (Å²) in [5.41, 5.74) is 4.12. The molecule has 0 fully saturated rings. The lowest BCUT2D eigenvalue weighted by molar-refractivity contribution is 0.574. The lowest BCUT2D eigenvalue weighted by Crippen LogP contribution is -2.18. The van der Waals surface area contributed by atoms with Crippen LogP contribution in [0.5, 0.6) is 0 Å². The molecule has 1 unspecified atom stereocenters. The molecule has 0 bridgehead atoms. The Balaban J connectivity index is 1.99. The monoisotopic (exact) mass is 284 g/mol. The summed E-state index contributed by atoms with van der Waals surface area (Å²) in [4.78, 5) is 0. The summed E-state index contributed by atoms with van der Waals surface area (Å²) in [6, 6.07) is 16.1. The lowest BCUT2D eigenvalue weighted by Gasteiger charge is -2.14. The molecule has 0 amide bonds. The number of nitriles is 1. The minimum absolute atomic E-state index is 0.225. The van der Waals surface area contributed by atoms with Crippen molar-refractivity contribution in [3.63, 3.8) is 0 Å². The van der Waals surface area contributed by atoms with E-state index in [1.165, 1.54) is 11.1 Å². The van der Waals surface area contributed by atoms with E-state index >= 15 is 0 Å². The van der Waals surface area contributed by atoms with Gasteiger partial charge < -0.3 is 5.32 Å². The van der Waals surface area contributed by atoms with Gasteiger partial charge in [-0.3, -0.25) is 0 Å². The first-order valence-electron chi connectivity index (χ1n) is 6.58. The molecule has 1 N–H and O–H groups in total. The van der Waals surface area contributed by atoms with Gasteiger partial charge in [0.2, 0.25) is 0 Å². The predicted octanol–water partition coefficient (Wildman–Crippen LogP) is 4.37. The van der Waals surface area contributed by atoms with E-state index in [-0.39, 0.29) is 6.04 Å². The van der Waals surface area contributed by atoms with E-state index in [1.807, 2.05) is 43.3 Å². The highest BCUT2D eigenvalue weighted by Gasteiger charge is 2.05. The van der Waals surface area contributed by atoms with Gasteiger partial charge in [-0.1, -0.05) is 35.9 Å². The smallest absolute Gasteiger partial charge is 0.0991 e. The third-order valence-corrected chi connectivity index (χ3v) is 3.80. The van der Waals surface area contributed by atoms with Crippen LogP contribution in [0.3, 0.4) is 0 Å². The Hall–Kier alpha value is -1.82. The van der Waals surface area contributed by atoms with Crippen molar-refractivity contribution < 1.29 is 0 Å². The zero-order valence-electron chi connectivity index (χ0n) is 11.7. The molecule has 0 saturated carbocycles. The first kappa shape index (κ1) is 14.6. The van der Waals surface area contributed by atoms with Crippen LogP contribution in [0.2, 0.25) is 5.02 Å². The average molecular weight is 285 g/mol. The molecule has 0 saturated heterocycles. The summed E-state index contributed by atoms with van der Waals surface area (Å²) >= 11 is 6.12. The number of benzene rings is 2. The van der Waals surface area contributed by atoms with Crippen molar-refractivity contribution in [3.05, 3.63) is 69.7 Å². The van der Waals surface area contributed by atoms with Crippen LogP contribution >= 0.6 is 11.6 Å². The Morgan fingerprint density at radius 2 is 1.90 bits per heavy atom. The molecule has 0 aliphatic rings. The topological polar surface area (TPSA) is 35.8 Å². The fourth-order valence-corrected chi connectivity index (χ4v) is 2.18. The zero-order valence-corrected chi connectivity index (χ0v) is 12.4. The number of nitrogens with zero attached hydrogens (tertiary/aromatic N) is 1. The van der Waals surface area contributed by atoms with Gasteiger partial charge in [-0.05, 0) is 48.7 Å². The van der Waals surface area contributed by atoms with Crippen LogP contribution in [0.25, 0.3) is 0 Å². The van der Waals surface area contributed by atoms with Gasteiger partial charge in [0.15, 0.2) is 0 Å². The Bertz CT molecular complexity index is 626. The maximum Gasteiger partial charge on any atom is 0.0991 e. The maximum absolute atomic E-state index is 8.79. The molecule has 2 aromatic carbocycles. The summed E-state index contributed by atoms with van der Waals surface area (Å²) in [5.74, 6) is 0. The molecule has 0 heterocycles. The van der Waals surface area contributed by atoms with Crippen LogP contribution in [0, 0.1) is 18.3 Å². The molecule has 3 heteroatoms. The fraction of sp³-hybridized carbons (Fsp3) is 0.235. The Morgan fingerprint density at radius 1 is 1.20 bits per heavy atom. The van der Waals surface area contributed by atoms with Gasteiger partial charge >= 0.3 is 0 Å². The van der Waals surface area contributed by atoms with E-state index in [0.717, 1.165) is 17.1 Å². The first-order valence-corrected chi connectivity index (χ1v) is 6.96. The SMILES string of the molecule is Cc1ccc(CNC(C)c2ccc(C#N)cc2)cc1Cl. The maximum atomic E-state index is 8.79. The molecule has 1 atom stereocenters. The van der Waals surface area contributed by atoms with Crippen molar-refractivity contribution in [3.8, 4) is 6.07 Å². The predicted molar refractivity (Wildman–Crippen MR) is 82.6 cm³/mol. The molecule has 0 spiro atoms. The minimum atomic E-state index is 0.225. The van der Waals surface area contributed by atoms with Crippen LogP contribution in [-0.2, 0) is 6.54 Å². The number of hydrogen-bond acceptors (Lipinski definition) is 2. The average Bonchev–Trinajstić information content (AvgIpc) is 2.48. The largest absolute Gasteiger partial charge is 0.306 e. The Morgan fingerprint density at radius 3 is 2.50 bits per heavy atom. The van der Waals surface area contributed by atoms with Crippen LogP contribution < -0.4 is 5.32 Å². The number of aryl methyl sites for hydroxylation is 1. The standard InChI is InChI=1S/C17H17ClN2/c1-12-3-4-15(9-17(12)18)11-20-13(2)16-7-5-14(10-19)6-8-16/h3-9,13,20H,11H2,1-2H3. The van der Waals surface area contributed by atoms with Crippen molar-refractivity contribution >= 4 is 11.6 Å².